The zero-order valence-corrected chi connectivity index (χ0v) is 15.8. The lowest BCUT2D eigenvalue weighted by Crippen LogP contribution is -2.52. The fourth-order valence-electron chi connectivity index (χ4n) is 3.69. The van der Waals surface area contributed by atoms with Gasteiger partial charge in [-0.3, -0.25) is 19.9 Å². The number of hydrazine groups is 1. The Bertz CT molecular complexity index is 858. The number of hydrogen-bond donors (Lipinski definition) is 2. The molecule has 0 aliphatic carbocycles. The summed E-state index contributed by atoms with van der Waals surface area (Å²) in [4.78, 5) is 40.6. The number of nitrogens with one attached hydrogen (secondary N) is 2. The average Bonchev–Trinajstić information content (AvgIpc) is 3.01. The summed E-state index contributed by atoms with van der Waals surface area (Å²) in [6.45, 7) is 2.46. The van der Waals surface area contributed by atoms with Crippen LogP contribution in [-0.4, -0.2) is 60.6 Å². The van der Waals surface area contributed by atoms with Crippen LogP contribution < -0.4 is 10.7 Å². The van der Waals surface area contributed by atoms with E-state index in [1.54, 1.807) is 48.5 Å². The quantitative estimate of drug-likeness (QED) is 0.734. The molecule has 0 unspecified atom stereocenters. The minimum absolute atomic E-state index is 0.0874. The van der Waals surface area contributed by atoms with Crippen molar-refractivity contribution in [2.45, 2.75) is 5.54 Å². The van der Waals surface area contributed by atoms with Gasteiger partial charge in [0, 0.05) is 13.1 Å². The van der Waals surface area contributed by atoms with Gasteiger partial charge in [0.15, 0.2) is 5.54 Å². The zero-order valence-electron chi connectivity index (χ0n) is 15.8. The minimum atomic E-state index is -1.40. The molecular weight excluding hydrogens is 372 g/mol. The summed E-state index contributed by atoms with van der Waals surface area (Å²) in [7, 11) is 0. The molecule has 8 heteroatoms. The highest BCUT2D eigenvalue weighted by Crippen LogP contribution is 2.35. The Morgan fingerprint density at radius 3 is 2.07 bits per heavy atom. The van der Waals surface area contributed by atoms with E-state index in [4.69, 9.17) is 4.74 Å². The van der Waals surface area contributed by atoms with Crippen LogP contribution in [0.15, 0.2) is 60.7 Å². The highest BCUT2D eigenvalue weighted by Gasteiger charge is 2.54. The zero-order chi connectivity index (χ0) is 20.3. The topological polar surface area (TPSA) is 91.0 Å². The lowest BCUT2D eigenvalue weighted by molar-refractivity contribution is -0.139. The summed E-state index contributed by atoms with van der Waals surface area (Å²) in [6.07, 6.45) is 0. The molecule has 2 saturated heterocycles. The normalized spacial score (nSPS) is 19.1. The second-order valence-corrected chi connectivity index (χ2v) is 6.98. The minimum Gasteiger partial charge on any atom is -0.379 e. The number of urea groups is 1. The predicted molar refractivity (Wildman–Crippen MR) is 104 cm³/mol. The van der Waals surface area contributed by atoms with Crippen LogP contribution in [0, 0.1) is 0 Å². The van der Waals surface area contributed by atoms with Gasteiger partial charge in [-0.2, -0.15) is 5.01 Å². The standard InChI is InChI=1S/C21H22N4O4/c26-18(15-24-11-13-29-14-12-24)23-25-19(27)21(22-20(25)28,16-7-3-1-4-8-16)17-9-5-2-6-10-17/h1-10H,11-15H2,(H,22,28)(H,23,26). The fraction of sp³-hybridized carbons (Fsp3) is 0.286. The first-order chi connectivity index (χ1) is 14.1. The molecule has 0 spiro atoms. The smallest absolute Gasteiger partial charge is 0.344 e. The molecule has 8 nitrogen and oxygen atoms in total. The monoisotopic (exact) mass is 394 g/mol. The summed E-state index contributed by atoms with van der Waals surface area (Å²) >= 11 is 0. The third kappa shape index (κ3) is 3.59. The van der Waals surface area contributed by atoms with Gasteiger partial charge in [-0.15, -0.1) is 0 Å². The maximum Gasteiger partial charge on any atom is 0.344 e. The highest BCUT2D eigenvalue weighted by molar-refractivity contribution is 6.10. The average molecular weight is 394 g/mol. The van der Waals surface area contributed by atoms with Crippen molar-refractivity contribution in [3.63, 3.8) is 0 Å². The SMILES string of the molecule is O=C(CN1CCOCC1)NN1C(=O)NC(c2ccccc2)(c2ccccc2)C1=O. The number of benzene rings is 2. The van der Waals surface area contributed by atoms with Crippen molar-refractivity contribution in [2.24, 2.45) is 0 Å². The fourth-order valence-corrected chi connectivity index (χ4v) is 3.69. The lowest BCUT2D eigenvalue weighted by atomic mass is 9.83. The summed E-state index contributed by atoms with van der Waals surface area (Å²) < 4.78 is 5.27. The molecule has 2 N–H and O–H groups in total. The van der Waals surface area contributed by atoms with E-state index in [1.165, 1.54) is 0 Å². The number of amides is 4. The van der Waals surface area contributed by atoms with Gasteiger partial charge in [0.2, 0.25) is 0 Å². The number of ether oxygens (including phenoxy) is 1. The largest absolute Gasteiger partial charge is 0.379 e. The molecule has 2 heterocycles. The van der Waals surface area contributed by atoms with Crippen LogP contribution in [0.5, 0.6) is 0 Å². The van der Waals surface area contributed by atoms with Crippen molar-refractivity contribution in [3.8, 4) is 0 Å². The summed E-state index contributed by atoms with van der Waals surface area (Å²) in [5.41, 5.74) is 2.31. The maximum atomic E-state index is 13.5. The third-order valence-electron chi connectivity index (χ3n) is 5.14. The molecule has 2 aromatic rings. The third-order valence-corrected chi connectivity index (χ3v) is 5.14. The molecule has 0 aromatic heterocycles. The number of hydrogen-bond acceptors (Lipinski definition) is 5. The van der Waals surface area contributed by atoms with E-state index in [0.717, 1.165) is 5.01 Å². The van der Waals surface area contributed by atoms with Gasteiger partial charge in [-0.1, -0.05) is 60.7 Å². The summed E-state index contributed by atoms with van der Waals surface area (Å²) in [5, 5.41) is 3.58. The number of rotatable bonds is 5. The Labute approximate surface area is 168 Å². The maximum absolute atomic E-state index is 13.5. The number of morpholine rings is 1. The van der Waals surface area contributed by atoms with E-state index >= 15 is 0 Å². The van der Waals surface area contributed by atoms with Gasteiger partial charge in [-0.25, -0.2) is 4.79 Å². The second kappa shape index (κ2) is 8.02. The van der Waals surface area contributed by atoms with Crippen LogP contribution in [0.3, 0.4) is 0 Å². The van der Waals surface area contributed by atoms with Crippen LogP contribution in [-0.2, 0) is 19.9 Å². The first-order valence-corrected chi connectivity index (χ1v) is 9.48. The first kappa shape index (κ1) is 19.1. The Hall–Kier alpha value is -3.23. The molecular formula is C21H22N4O4. The summed E-state index contributed by atoms with van der Waals surface area (Å²) in [5.74, 6) is -0.970. The Morgan fingerprint density at radius 1 is 0.966 bits per heavy atom. The number of imide groups is 1. The molecule has 2 aromatic carbocycles. The van der Waals surface area contributed by atoms with Crippen molar-refractivity contribution in [1.29, 1.82) is 0 Å². The van der Waals surface area contributed by atoms with Crippen LogP contribution in [0.2, 0.25) is 0 Å². The Kier molecular flexibility index (Phi) is 5.28. The molecule has 0 bridgehead atoms. The van der Waals surface area contributed by atoms with Crippen LogP contribution in [0.1, 0.15) is 11.1 Å². The van der Waals surface area contributed by atoms with Gasteiger partial charge in [-0.05, 0) is 11.1 Å². The molecule has 29 heavy (non-hydrogen) atoms. The van der Waals surface area contributed by atoms with E-state index in [1.807, 2.05) is 17.0 Å². The van der Waals surface area contributed by atoms with Gasteiger partial charge in [0.25, 0.3) is 11.8 Å². The van der Waals surface area contributed by atoms with Gasteiger partial charge < -0.3 is 10.1 Å². The van der Waals surface area contributed by atoms with E-state index in [-0.39, 0.29) is 6.54 Å². The number of carbonyl (C=O) groups is 3. The Balaban J connectivity index is 1.61. The molecule has 2 aliphatic heterocycles. The van der Waals surface area contributed by atoms with E-state index in [9.17, 15) is 14.4 Å². The predicted octanol–water partition coefficient (Wildman–Crippen LogP) is 0.845. The van der Waals surface area contributed by atoms with Crippen molar-refractivity contribution >= 4 is 17.8 Å². The molecule has 4 rings (SSSR count). The molecule has 0 radical (unpaired) electrons. The lowest BCUT2D eigenvalue weighted by Gasteiger charge is -2.28. The van der Waals surface area contributed by atoms with Crippen molar-refractivity contribution < 1.29 is 19.1 Å². The van der Waals surface area contributed by atoms with E-state index in [0.29, 0.717) is 37.4 Å². The number of carbonyl (C=O) groups excluding carboxylic acids is 3. The highest BCUT2D eigenvalue weighted by atomic mass is 16.5. The molecule has 0 saturated carbocycles. The molecule has 150 valence electrons. The summed E-state index contributed by atoms with van der Waals surface area (Å²) in [6, 6.07) is 17.4. The Morgan fingerprint density at radius 2 is 1.52 bits per heavy atom. The van der Waals surface area contributed by atoms with Crippen LogP contribution in [0.25, 0.3) is 0 Å². The van der Waals surface area contributed by atoms with Crippen molar-refractivity contribution in [1.82, 2.24) is 20.7 Å². The van der Waals surface area contributed by atoms with E-state index < -0.39 is 23.4 Å². The van der Waals surface area contributed by atoms with Crippen LogP contribution in [0.4, 0.5) is 4.79 Å². The molecule has 2 fully saturated rings. The van der Waals surface area contributed by atoms with Gasteiger partial charge in [0.05, 0.1) is 19.8 Å². The van der Waals surface area contributed by atoms with Crippen LogP contribution >= 0.6 is 0 Å². The second-order valence-electron chi connectivity index (χ2n) is 6.98. The molecule has 4 amide bonds. The van der Waals surface area contributed by atoms with Crippen molar-refractivity contribution in [2.75, 3.05) is 32.8 Å². The van der Waals surface area contributed by atoms with Gasteiger partial charge in [0.1, 0.15) is 0 Å². The molecule has 2 aliphatic rings. The molecule has 0 atom stereocenters. The first-order valence-electron chi connectivity index (χ1n) is 9.48. The van der Waals surface area contributed by atoms with Crippen molar-refractivity contribution in [3.05, 3.63) is 71.8 Å². The number of nitrogens with zero attached hydrogens (tertiary/aromatic N) is 2. The van der Waals surface area contributed by atoms with E-state index in [2.05, 4.69) is 10.7 Å². The van der Waals surface area contributed by atoms with Gasteiger partial charge >= 0.3 is 6.03 Å².